The summed E-state index contributed by atoms with van der Waals surface area (Å²) in [7, 11) is 3.15. The van der Waals surface area contributed by atoms with Gasteiger partial charge in [-0.05, 0) is 35.9 Å². The van der Waals surface area contributed by atoms with Gasteiger partial charge in [-0.3, -0.25) is 4.79 Å². The third-order valence-corrected chi connectivity index (χ3v) is 4.02. The number of ether oxygens (including phenoxy) is 2. The molecule has 2 aromatic carbocycles. The molecule has 25 heavy (non-hydrogen) atoms. The van der Waals surface area contributed by atoms with Crippen LogP contribution >= 0.6 is 23.2 Å². The average Bonchev–Trinajstić information content (AvgIpc) is 2.85. The molecule has 0 saturated heterocycles. The number of benzene rings is 2. The number of carbonyl (C=O) groups is 2. The SMILES string of the molecule is CN(C)C(=O)Oc1ccc2c(c1)O/C(=C\c1ccc(Cl)cc1Cl)C2=O. The number of ketones is 1. The van der Waals surface area contributed by atoms with Gasteiger partial charge in [0.1, 0.15) is 11.5 Å². The second kappa shape index (κ2) is 6.78. The standard InChI is InChI=1S/C18H13Cl2NO4/c1-21(2)18(23)24-12-5-6-13-15(9-12)25-16(17(13)22)7-10-3-4-11(19)8-14(10)20/h3-9H,1-2H3/b16-7-. The second-order valence-electron chi connectivity index (χ2n) is 5.53. The van der Waals surface area contributed by atoms with Crippen molar-refractivity contribution in [3.8, 4) is 11.5 Å². The Morgan fingerprint density at radius 1 is 1.16 bits per heavy atom. The van der Waals surface area contributed by atoms with Crippen LogP contribution in [0.2, 0.25) is 10.0 Å². The van der Waals surface area contributed by atoms with Gasteiger partial charge in [-0.2, -0.15) is 0 Å². The molecular weight excluding hydrogens is 365 g/mol. The molecule has 0 atom stereocenters. The summed E-state index contributed by atoms with van der Waals surface area (Å²) in [4.78, 5) is 25.3. The van der Waals surface area contributed by atoms with Crippen LogP contribution in [0.15, 0.2) is 42.2 Å². The fourth-order valence-electron chi connectivity index (χ4n) is 2.18. The van der Waals surface area contributed by atoms with Crippen LogP contribution in [0, 0.1) is 0 Å². The molecule has 0 N–H and O–H groups in total. The van der Waals surface area contributed by atoms with Crippen LogP contribution in [0.3, 0.4) is 0 Å². The molecule has 1 aliphatic heterocycles. The van der Waals surface area contributed by atoms with Crippen molar-refractivity contribution in [1.29, 1.82) is 0 Å². The van der Waals surface area contributed by atoms with E-state index in [0.717, 1.165) is 0 Å². The summed E-state index contributed by atoms with van der Waals surface area (Å²) in [6.07, 6.45) is 1.03. The van der Waals surface area contributed by atoms with E-state index in [1.54, 1.807) is 50.5 Å². The highest BCUT2D eigenvalue weighted by Crippen LogP contribution is 2.35. The zero-order valence-electron chi connectivity index (χ0n) is 13.4. The van der Waals surface area contributed by atoms with Gasteiger partial charge in [-0.1, -0.05) is 29.3 Å². The molecule has 3 rings (SSSR count). The number of allylic oxidation sites excluding steroid dienone is 1. The number of carbonyl (C=O) groups excluding carboxylic acids is 2. The molecule has 0 aromatic heterocycles. The number of nitrogens with zero attached hydrogens (tertiary/aromatic N) is 1. The van der Waals surface area contributed by atoms with Crippen molar-refractivity contribution in [2.24, 2.45) is 0 Å². The number of Topliss-reactive ketones (excluding diaryl/α,β-unsaturated/α-hetero) is 1. The predicted molar refractivity (Wildman–Crippen MR) is 95.6 cm³/mol. The van der Waals surface area contributed by atoms with Crippen molar-refractivity contribution in [2.45, 2.75) is 0 Å². The van der Waals surface area contributed by atoms with Gasteiger partial charge >= 0.3 is 6.09 Å². The van der Waals surface area contributed by atoms with E-state index in [1.807, 2.05) is 0 Å². The number of fused-ring (bicyclic) bond motifs is 1. The second-order valence-corrected chi connectivity index (χ2v) is 6.37. The van der Waals surface area contributed by atoms with E-state index in [1.165, 1.54) is 11.0 Å². The van der Waals surface area contributed by atoms with Gasteiger partial charge in [0.2, 0.25) is 5.78 Å². The van der Waals surface area contributed by atoms with E-state index < -0.39 is 6.09 Å². The van der Waals surface area contributed by atoms with E-state index in [2.05, 4.69) is 0 Å². The van der Waals surface area contributed by atoms with Gasteiger partial charge in [0.05, 0.1) is 5.56 Å². The zero-order chi connectivity index (χ0) is 18.1. The number of hydrogen-bond donors (Lipinski definition) is 0. The summed E-state index contributed by atoms with van der Waals surface area (Å²) >= 11 is 12.0. The van der Waals surface area contributed by atoms with Gasteiger partial charge in [0, 0.05) is 30.2 Å². The van der Waals surface area contributed by atoms with Crippen LogP contribution in [0.25, 0.3) is 6.08 Å². The number of hydrogen-bond acceptors (Lipinski definition) is 4. The molecule has 0 bridgehead atoms. The first kappa shape index (κ1) is 17.3. The Labute approximate surface area is 154 Å². The van der Waals surface area contributed by atoms with Crippen LogP contribution in [0.1, 0.15) is 15.9 Å². The maximum absolute atomic E-state index is 12.4. The minimum absolute atomic E-state index is 0.135. The number of halogens is 2. The van der Waals surface area contributed by atoms with Crippen molar-refractivity contribution in [2.75, 3.05) is 14.1 Å². The van der Waals surface area contributed by atoms with Crippen molar-refractivity contribution >= 4 is 41.2 Å². The normalized spacial score (nSPS) is 14.2. The van der Waals surface area contributed by atoms with Crippen LogP contribution in [-0.4, -0.2) is 30.9 Å². The van der Waals surface area contributed by atoms with Crippen LogP contribution in [-0.2, 0) is 0 Å². The Morgan fingerprint density at radius 3 is 2.60 bits per heavy atom. The highest BCUT2D eigenvalue weighted by Gasteiger charge is 2.28. The maximum atomic E-state index is 12.4. The van der Waals surface area contributed by atoms with E-state index in [0.29, 0.717) is 26.9 Å². The predicted octanol–water partition coefficient (Wildman–Crippen LogP) is 4.67. The largest absolute Gasteiger partial charge is 0.452 e. The molecule has 2 aromatic rings. The highest BCUT2D eigenvalue weighted by atomic mass is 35.5. The lowest BCUT2D eigenvalue weighted by Crippen LogP contribution is -2.25. The van der Waals surface area contributed by atoms with Crippen molar-refractivity contribution in [3.05, 3.63) is 63.3 Å². The third kappa shape index (κ3) is 3.62. The summed E-state index contributed by atoms with van der Waals surface area (Å²) in [6, 6.07) is 9.55. The summed E-state index contributed by atoms with van der Waals surface area (Å²) < 4.78 is 10.8. The molecule has 0 aliphatic carbocycles. The lowest BCUT2D eigenvalue weighted by Gasteiger charge is -2.10. The topological polar surface area (TPSA) is 55.8 Å². The Hall–Kier alpha value is -2.50. The highest BCUT2D eigenvalue weighted by molar-refractivity contribution is 6.35. The van der Waals surface area contributed by atoms with Crippen LogP contribution in [0.5, 0.6) is 11.5 Å². The lowest BCUT2D eigenvalue weighted by atomic mass is 10.1. The molecule has 0 unspecified atom stereocenters. The fourth-order valence-corrected chi connectivity index (χ4v) is 2.65. The molecule has 0 radical (unpaired) electrons. The zero-order valence-corrected chi connectivity index (χ0v) is 14.9. The van der Waals surface area contributed by atoms with Gasteiger partial charge in [0.25, 0.3) is 0 Å². The molecule has 0 saturated carbocycles. The molecule has 7 heteroatoms. The summed E-state index contributed by atoms with van der Waals surface area (Å²) in [5.74, 6) is 0.475. The van der Waals surface area contributed by atoms with Crippen molar-refractivity contribution < 1.29 is 19.1 Å². The molecule has 1 amide bonds. The molecule has 5 nitrogen and oxygen atoms in total. The summed E-state index contributed by atoms with van der Waals surface area (Å²) in [6.45, 7) is 0. The first-order chi connectivity index (χ1) is 11.8. The van der Waals surface area contributed by atoms with E-state index in [4.69, 9.17) is 32.7 Å². The first-order valence-corrected chi connectivity index (χ1v) is 8.03. The smallest absolute Gasteiger partial charge is 0.414 e. The van der Waals surface area contributed by atoms with E-state index >= 15 is 0 Å². The Morgan fingerprint density at radius 2 is 1.92 bits per heavy atom. The molecule has 0 fully saturated rings. The Kier molecular flexibility index (Phi) is 4.70. The molecule has 1 heterocycles. The van der Waals surface area contributed by atoms with Crippen LogP contribution in [0.4, 0.5) is 4.79 Å². The summed E-state index contributed by atoms with van der Waals surface area (Å²) in [5.41, 5.74) is 1.00. The first-order valence-electron chi connectivity index (χ1n) is 7.27. The van der Waals surface area contributed by atoms with Gasteiger partial charge < -0.3 is 14.4 Å². The molecule has 1 aliphatic rings. The van der Waals surface area contributed by atoms with Crippen LogP contribution < -0.4 is 9.47 Å². The Bertz CT molecular complexity index is 906. The molecule has 128 valence electrons. The molecule has 0 spiro atoms. The van der Waals surface area contributed by atoms with Gasteiger partial charge in [-0.15, -0.1) is 0 Å². The van der Waals surface area contributed by atoms with Gasteiger partial charge in [0.15, 0.2) is 5.76 Å². The third-order valence-electron chi connectivity index (χ3n) is 3.46. The van der Waals surface area contributed by atoms with Crippen molar-refractivity contribution in [1.82, 2.24) is 4.90 Å². The minimum Gasteiger partial charge on any atom is -0.452 e. The van der Waals surface area contributed by atoms with E-state index in [9.17, 15) is 9.59 Å². The molecular formula is C18H13Cl2NO4. The van der Waals surface area contributed by atoms with Gasteiger partial charge in [-0.25, -0.2) is 4.79 Å². The minimum atomic E-state index is -0.520. The summed E-state index contributed by atoms with van der Waals surface area (Å²) in [5, 5.41) is 0.911. The number of rotatable bonds is 2. The van der Waals surface area contributed by atoms with Crippen molar-refractivity contribution in [3.63, 3.8) is 0 Å². The quantitative estimate of drug-likeness (QED) is 0.713. The lowest BCUT2D eigenvalue weighted by molar-refractivity contribution is 0.101. The average molecular weight is 378 g/mol. The number of amides is 1. The Balaban J connectivity index is 1.88. The monoisotopic (exact) mass is 377 g/mol. The van der Waals surface area contributed by atoms with E-state index in [-0.39, 0.29) is 17.3 Å². The maximum Gasteiger partial charge on any atom is 0.414 e. The fraction of sp³-hybridized carbons (Fsp3) is 0.111.